The van der Waals surface area contributed by atoms with Gasteiger partial charge in [-0.2, -0.15) is 0 Å². The van der Waals surface area contributed by atoms with Crippen LogP contribution < -0.4 is 9.47 Å². The number of carboxylic acid groups (broad SMARTS) is 1. The molecule has 1 aromatic rings. The predicted octanol–water partition coefficient (Wildman–Crippen LogP) is 1.18. The molecular formula is C19H23NO5. The highest BCUT2D eigenvalue weighted by molar-refractivity contribution is 5.69. The van der Waals surface area contributed by atoms with E-state index in [2.05, 4.69) is 18.0 Å². The first-order valence-corrected chi connectivity index (χ1v) is 9.08. The van der Waals surface area contributed by atoms with E-state index < -0.39 is 12.1 Å². The van der Waals surface area contributed by atoms with E-state index in [1.807, 2.05) is 6.07 Å². The van der Waals surface area contributed by atoms with Gasteiger partial charge in [0.1, 0.15) is 6.10 Å². The Morgan fingerprint density at radius 3 is 3.08 bits per heavy atom. The summed E-state index contributed by atoms with van der Waals surface area (Å²) in [6.07, 6.45) is 2.99. The number of rotatable bonds is 3. The first-order valence-electron chi connectivity index (χ1n) is 9.08. The summed E-state index contributed by atoms with van der Waals surface area (Å²) < 4.78 is 11.8. The Morgan fingerprint density at radius 2 is 2.28 bits per heavy atom. The van der Waals surface area contributed by atoms with Gasteiger partial charge in [0, 0.05) is 17.0 Å². The number of nitrogens with zero attached hydrogens (tertiary/aromatic N) is 1. The maximum absolute atomic E-state index is 10.9. The van der Waals surface area contributed by atoms with Crippen molar-refractivity contribution in [3.8, 4) is 11.5 Å². The molecule has 2 fully saturated rings. The first kappa shape index (κ1) is 15.5. The molecule has 0 unspecified atom stereocenters. The molecule has 0 amide bonds. The first-order chi connectivity index (χ1) is 12.0. The molecule has 1 spiro atoms. The van der Waals surface area contributed by atoms with Crippen LogP contribution in [0.4, 0.5) is 0 Å². The van der Waals surface area contributed by atoms with Gasteiger partial charge in [-0.15, -0.1) is 0 Å². The third-order valence-electron chi connectivity index (χ3n) is 6.90. The van der Waals surface area contributed by atoms with Crippen molar-refractivity contribution in [2.45, 2.75) is 49.3 Å². The van der Waals surface area contributed by atoms with E-state index in [4.69, 9.17) is 14.6 Å². The lowest BCUT2D eigenvalue weighted by Gasteiger charge is -2.58. The van der Waals surface area contributed by atoms with Crippen molar-refractivity contribution >= 4 is 5.97 Å². The smallest absolute Gasteiger partial charge is 0.341 e. The Balaban J connectivity index is 1.68. The van der Waals surface area contributed by atoms with Crippen molar-refractivity contribution < 1.29 is 24.5 Å². The van der Waals surface area contributed by atoms with Gasteiger partial charge in [-0.05, 0) is 56.8 Å². The molecule has 0 radical (unpaired) electrons. The van der Waals surface area contributed by atoms with E-state index in [-0.39, 0.29) is 18.1 Å². The average molecular weight is 345 g/mol. The fraction of sp³-hybridized carbons (Fsp3) is 0.632. The molecule has 0 aromatic heterocycles. The zero-order valence-electron chi connectivity index (χ0n) is 14.3. The lowest BCUT2D eigenvalue weighted by atomic mass is 9.51. The molecule has 5 atom stereocenters. The van der Waals surface area contributed by atoms with Crippen LogP contribution in [0.25, 0.3) is 0 Å². The minimum Gasteiger partial charge on any atom is -0.483 e. The molecule has 2 heterocycles. The SMILES string of the molecule is CN1CC[C@]23c4c5ccc(OCC(=O)O)c4O[C@H]2[C@@H](O)CC[C@H]3[C@H]1C5. The van der Waals surface area contributed by atoms with Crippen LogP contribution in [0, 0.1) is 5.92 Å². The number of ether oxygens (including phenoxy) is 2. The van der Waals surface area contributed by atoms with Gasteiger partial charge in [-0.25, -0.2) is 4.79 Å². The van der Waals surface area contributed by atoms with E-state index in [1.54, 1.807) is 0 Å². The van der Waals surface area contributed by atoms with Crippen LogP contribution >= 0.6 is 0 Å². The van der Waals surface area contributed by atoms with Crippen LogP contribution in [-0.4, -0.2) is 59.5 Å². The molecule has 2 aliphatic carbocycles. The predicted molar refractivity (Wildman–Crippen MR) is 89.1 cm³/mol. The Bertz CT molecular complexity index is 750. The number of benzene rings is 1. The molecule has 6 nitrogen and oxygen atoms in total. The molecule has 1 aromatic carbocycles. The topological polar surface area (TPSA) is 79.2 Å². The van der Waals surface area contributed by atoms with E-state index >= 15 is 0 Å². The summed E-state index contributed by atoms with van der Waals surface area (Å²) in [5.74, 6) is 0.643. The molecule has 6 heteroatoms. The molecule has 1 saturated carbocycles. The molecule has 2 bridgehead atoms. The third-order valence-corrected chi connectivity index (χ3v) is 6.90. The molecule has 134 valence electrons. The summed E-state index contributed by atoms with van der Waals surface area (Å²) >= 11 is 0. The minimum absolute atomic E-state index is 0.152. The zero-order valence-corrected chi connectivity index (χ0v) is 14.3. The number of aliphatic hydroxyl groups excluding tert-OH is 1. The molecule has 5 rings (SSSR count). The quantitative estimate of drug-likeness (QED) is 0.856. The fourth-order valence-corrected chi connectivity index (χ4v) is 5.95. The number of aliphatic carboxylic acids is 1. The lowest BCUT2D eigenvalue weighted by molar-refractivity contribution is -0.139. The van der Waals surface area contributed by atoms with Crippen LogP contribution in [0.3, 0.4) is 0 Å². The summed E-state index contributed by atoms with van der Waals surface area (Å²) in [5.41, 5.74) is 2.30. The van der Waals surface area contributed by atoms with Crippen molar-refractivity contribution in [3.05, 3.63) is 23.3 Å². The Morgan fingerprint density at radius 1 is 1.44 bits per heavy atom. The number of piperidine rings is 1. The number of likely N-dealkylation sites (tertiary alicyclic amines) is 1. The summed E-state index contributed by atoms with van der Waals surface area (Å²) in [6.45, 7) is 0.608. The second kappa shape index (κ2) is 5.11. The Kier molecular flexibility index (Phi) is 3.16. The molecule has 1 saturated heterocycles. The van der Waals surface area contributed by atoms with Gasteiger partial charge in [0.25, 0.3) is 0 Å². The number of carbonyl (C=O) groups is 1. The average Bonchev–Trinajstić information content (AvgIpc) is 2.94. The highest BCUT2D eigenvalue weighted by atomic mass is 16.5. The van der Waals surface area contributed by atoms with Gasteiger partial charge in [0.05, 0.1) is 6.10 Å². The Hall–Kier alpha value is -1.79. The van der Waals surface area contributed by atoms with E-state index in [0.717, 1.165) is 32.2 Å². The molecular weight excluding hydrogens is 322 g/mol. The van der Waals surface area contributed by atoms with Crippen molar-refractivity contribution in [3.63, 3.8) is 0 Å². The van der Waals surface area contributed by atoms with Gasteiger partial charge < -0.3 is 24.6 Å². The van der Waals surface area contributed by atoms with E-state index in [1.165, 1.54) is 11.1 Å². The van der Waals surface area contributed by atoms with Crippen molar-refractivity contribution in [2.75, 3.05) is 20.2 Å². The molecule has 2 N–H and O–H groups in total. The van der Waals surface area contributed by atoms with Gasteiger partial charge in [-0.1, -0.05) is 6.07 Å². The normalized spacial score (nSPS) is 38.0. The van der Waals surface area contributed by atoms with Crippen LogP contribution in [0.1, 0.15) is 30.4 Å². The number of hydrogen-bond acceptors (Lipinski definition) is 5. The van der Waals surface area contributed by atoms with Crippen LogP contribution in [-0.2, 0) is 16.6 Å². The summed E-state index contributed by atoms with van der Waals surface area (Å²) in [7, 11) is 2.20. The number of carboxylic acids is 1. The number of aliphatic hydroxyl groups is 1. The highest BCUT2D eigenvalue weighted by Gasteiger charge is 2.65. The van der Waals surface area contributed by atoms with Crippen LogP contribution in [0.2, 0.25) is 0 Å². The summed E-state index contributed by atoms with van der Waals surface area (Å²) in [4.78, 5) is 13.4. The molecule has 25 heavy (non-hydrogen) atoms. The zero-order chi connectivity index (χ0) is 17.3. The molecule has 2 aliphatic heterocycles. The molecule has 4 aliphatic rings. The van der Waals surface area contributed by atoms with E-state index in [0.29, 0.717) is 23.5 Å². The minimum atomic E-state index is -1.00. The van der Waals surface area contributed by atoms with Crippen molar-refractivity contribution in [1.82, 2.24) is 4.90 Å². The van der Waals surface area contributed by atoms with Gasteiger partial charge in [0.2, 0.25) is 0 Å². The maximum atomic E-state index is 10.9. The monoisotopic (exact) mass is 345 g/mol. The van der Waals surface area contributed by atoms with Gasteiger partial charge >= 0.3 is 5.97 Å². The van der Waals surface area contributed by atoms with E-state index in [9.17, 15) is 9.90 Å². The lowest BCUT2D eigenvalue weighted by Crippen LogP contribution is -2.66. The third kappa shape index (κ3) is 1.89. The van der Waals surface area contributed by atoms with Gasteiger partial charge in [-0.3, -0.25) is 0 Å². The second-order valence-corrected chi connectivity index (χ2v) is 7.94. The second-order valence-electron chi connectivity index (χ2n) is 7.94. The van der Waals surface area contributed by atoms with Crippen LogP contribution in [0.5, 0.6) is 11.5 Å². The van der Waals surface area contributed by atoms with Gasteiger partial charge in [0.15, 0.2) is 18.1 Å². The number of likely N-dealkylation sites (N-methyl/N-ethyl adjacent to an activating group) is 1. The van der Waals surface area contributed by atoms with Crippen molar-refractivity contribution in [1.29, 1.82) is 0 Å². The van der Waals surface area contributed by atoms with Crippen molar-refractivity contribution in [2.24, 2.45) is 5.92 Å². The summed E-state index contributed by atoms with van der Waals surface area (Å²) in [5, 5.41) is 19.6. The Labute approximate surface area is 146 Å². The van der Waals surface area contributed by atoms with Crippen LogP contribution in [0.15, 0.2) is 12.1 Å². The summed E-state index contributed by atoms with van der Waals surface area (Å²) in [6, 6.07) is 4.37. The fourth-order valence-electron chi connectivity index (χ4n) is 5.95. The number of hydrogen-bond donors (Lipinski definition) is 2. The maximum Gasteiger partial charge on any atom is 0.341 e. The highest BCUT2D eigenvalue weighted by Crippen LogP contribution is 2.63. The standard InChI is InChI=1S/C19H23NO5/c1-20-7-6-19-11-3-4-13(21)18(19)25-17-14(24-9-15(22)23)5-2-10(16(17)19)8-12(11)20/h2,5,11-13,18,21H,3-4,6-9H2,1H3,(H,22,23)/t11-,12+,13-,18-,19-/m0/s1. The largest absolute Gasteiger partial charge is 0.483 e.